The molecule has 1 amide bonds. The highest BCUT2D eigenvalue weighted by atomic mass is 16.4. The van der Waals surface area contributed by atoms with E-state index in [0.29, 0.717) is 11.3 Å². The first-order chi connectivity index (χ1) is 8.99. The molecule has 0 radical (unpaired) electrons. The van der Waals surface area contributed by atoms with Gasteiger partial charge in [0.1, 0.15) is 12.2 Å². The van der Waals surface area contributed by atoms with Crippen molar-refractivity contribution >= 4 is 17.6 Å². The van der Waals surface area contributed by atoms with E-state index in [2.05, 4.69) is 10.3 Å². The summed E-state index contributed by atoms with van der Waals surface area (Å²) in [6.07, 6.45) is 0. The number of rotatable bonds is 4. The fraction of sp³-hybridized carbons (Fsp3) is 0.0909. The molecule has 0 aliphatic rings. The SMILES string of the molecule is NC(=O)Cn1nnc(C(=O)O)c1-c1cccc(N)c1. The van der Waals surface area contributed by atoms with Gasteiger partial charge in [0.25, 0.3) is 0 Å². The van der Waals surface area contributed by atoms with Crippen LogP contribution in [-0.2, 0) is 11.3 Å². The number of carbonyl (C=O) groups is 2. The molecule has 0 saturated heterocycles. The van der Waals surface area contributed by atoms with Crippen molar-refractivity contribution < 1.29 is 14.7 Å². The molecule has 0 fully saturated rings. The number of hydrogen-bond donors (Lipinski definition) is 3. The van der Waals surface area contributed by atoms with E-state index in [9.17, 15) is 9.59 Å². The minimum absolute atomic E-state index is 0.193. The summed E-state index contributed by atoms with van der Waals surface area (Å²) in [5.74, 6) is -1.89. The van der Waals surface area contributed by atoms with Crippen molar-refractivity contribution in [3.63, 3.8) is 0 Å². The summed E-state index contributed by atoms with van der Waals surface area (Å²) in [5.41, 5.74) is 11.6. The first-order valence-corrected chi connectivity index (χ1v) is 5.30. The molecule has 8 heteroatoms. The zero-order valence-corrected chi connectivity index (χ0v) is 9.78. The minimum Gasteiger partial charge on any atom is -0.476 e. The number of nitrogens with two attached hydrogens (primary N) is 2. The highest BCUT2D eigenvalue weighted by Crippen LogP contribution is 2.24. The summed E-state index contributed by atoms with van der Waals surface area (Å²) in [7, 11) is 0. The number of aromatic carboxylic acids is 1. The monoisotopic (exact) mass is 261 g/mol. The number of nitrogens with zero attached hydrogens (tertiary/aromatic N) is 3. The Morgan fingerprint density at radius 3 is 2.68 bits per heavy atom. The van der Waals surface area contributed by atoms with E-state index in [0.717, 1.165) is 4.68 Å². The number of amides is 1. The molecule has 2 rings (SSSR count). The van der Waals surface area contributed by atoms with Crippen molar-refractivity contribution in [2.24, 2.45) is 5.73 Å². The third-order valence-corrected chi connectivity index (χ3v) is 2.40. The Morgan fingerprint density at radius 1 is 1.37 bits per heavy atom. The van der Waals surface area contributed by atoms with Crippen molar-refractivity contribution in [2.75, 3.05) is 5.73 Å². The van der Waals surface area contributed by atoms with Gasteiger partial charge in [0.2, 0.25) is 5.91 Å². The van der Waals surface area contributed by atoms with Crippen LogP contribution in [-0.4, -0.2) is 32.0 Å². The maximum absolute atomic E-state index is 11.1. The summed E-state index contributed by atoms with van der Waals surface area (Å²) in [6, 6.07) is 6.55. The third kappa shape index (κ3) is 2.51. The van der Waals surface area contributed by atoms with Crippen LogP contribution in [0.1, 0.15) is 10.5 Å². The first kappa shape index (κ1) is 12.6. The maximum Gasteiger partial charge on any atom is 0.358 e. The molecule has 0 atom stereocenters. The molecule has 19 heavy (non-hydrogen) atoms. The van der Waals surface area contributed by atoms with Crippen LogP contribution in [0.2, 0.25) is 0 Å². The molecule has 0 bridgehead atoms. The minimum atomic E-state index is -1.24. The van der Waals surface area contributed by atoms with E-state index in [4.69, 9.17) is 16.6 Å². The predicted octanol–water partition coefficient (Wildman–Crippen LogP) is -0.289. The van der Waals surface area contributed by atoms with Crippen LogP contribution in [0.25, 0.3) is 11.3 Å². The molecule has 2 aromatic rings. The summed E-state index contributed by atoms with van der Waals surface area (Å²) in [4.78, 5) is 22.1. The second-order valence-corrected chi connectivity index (χ2v) is 3.84. The van der Waals surface area contributed by atoms with Gasteiger partial charge in [-0.15, -0.1) is 5.10 Å². The van der Waals surface area contributed by atoms with Gasteiger partial charge in [-0.3, -0.25) is 4.79 Å². The van der Waals surface area contributed by atoms with Gasteiger partial charge in [-0.2, -0.15) is 0 Å². The average molecular weight is 261 g/mol. The zero-order valence-electron chi connectivity index (χ0n) is 9.78. The largest absolute Gasteiger partial charge is 0.476 e. The van der Waals surface area contributed by atoms with E-state index in [1.54, 1.807) is 24.3 Å². The maximum atomic E-state index is 11.1. The van der Waals surface area contributed by atoms with Gasteiger partial charge < -0.3 is 16.6 Å². The van der Waals surface area contributed by atoms with Crippen LogP contribution in [0.4, 0.5) is 5.69 Å². The van der Waals surface area contributed by atoms with E-state index in [1.807, 2.05) is 0 Å². The molecule has 5 N–H and O–H groups in total. The lowest BCUT2D eigenvalue weighted by Crippen LogP contribution is -2.20. The lowest BCUT2D eigenvalue weighted by atomic mass is 10.1. The summed E-state index contributed by atoms with van der Waals surface area (Å²) < 4.78 is 1.14. The highest BCUT2D eigenvalue weighted by Gasteiger charge is 2.21. The quantitative estimate of drug-likeness (QED) is 0.647. The van der Waals surface area contributed by atoms with E-state index in [1.165, 1.54) is 0 Å². The number of carboxylic acids is 1. The Bertz CT molecular complexity index is 650. The number of primary amides is 1. The second-order valence-electron chi connectivity index (χ2n) is 3.84. The number of anilines is 1. The first-order valence-electron chi connectivity index (χ1n) is 5.30. The Balaban J connectivity index is 2.61. The van der Waals surface area contributed by atoms with Crippen molar-refractivity contribution in [1.29, 1.82) is 0 Å². The zero-order chi connectivity index (χ0) is 14.0. The van der Waals surface area contributed by atoms with Crippen LogP contribution < -0.4 is 11.5 Å². The molecule has 8 nitrogen and oxygen atoms in total. The van der Waals surface area contributed by atoms with Crippen molar-refractivity contribution in [3.05, 3.63) is 30.0 Å². The normalized spacial score (nSPS) is 10.3. The fourth-order valence-corrected chi connectivity index (χ4v) is 1.69. The molecule has 0 spiro atoms. The molecule has 98 valence electrons. The van der Waals surface area contributed by atoms with Gasteiger partial charge >= 0.3 is 5.97 Å². The lowest BCUT2D eigenvalue weighted by molar-refractivity contribution is -0.118. The van der Waals surface area contributed by atoms with Crippen LogP contribution in [0.3, 0.4) is 0 Å². The third-order valence-electron chi connectivity index (χ3n) is 2.40. The molecular formula is C11H11N5O3. The Morgan fingerprint density at radius 2 is 2.11 bits per heavy atom. The summed E-state index contributed by atoms with van der Waals surface area (Å²) in [6.45, 7) is -0.260. The molecule has 0 unspecified atom stereocenters. The van der Waals surface area contributed by atoms with Gasteiger partial charge in [-0.25, -0.2) is 9.48 Å². The topological polar surface area (TPSA) is 137 Å². The van der Waals surface area contributed by atoms with Gasteiger partial charge in [0.15, 0.2) is 5.69 Å². The molecule has 0 saturated carbocycles. The highest BCUT2D eigenvalue weighted by molar-refractivity contribution is 5.93. The van der Waals surface area contributed by atoms with E-state index >= 15 is 0 Å². The molecule has 1 heterocycles. The molecular weight excluding hydrogens is 250 g/mol. The van der Waals surface area contributed by atoms with Crippen molar-refractivity contribution in [3.8, 4) is 11.3 Å². The van der Waals surface area contributed by atoms with Gasteiger partial charge in [0, 0.05) is 11.3 Å². The standard InChI is InChI=1S/C11H11N5O3/c12-7-3-1-2-6(4-7)10-9(11(18)19)14-15-16(10)5-8(13)17/h1-4H,5,12H2,(H2,13,17)(H,18,19). The summed E-state index contributed by atoms with van der Waals surface area (Å²) in [5, 5.41) is 16.2. The van der Waals surface area contributed by atoms with E-state index < -0.39 is 11.9 Å². The smallest absolute Gasteiger partial charge is 0.358 e. The molecule has 1 aromatic heterocycles. The Hall–Kier alpha value is -2.90. The van der Waals surface area contributed by atoms with Crippen LogP contribution >= 0.6 is 0 Å². The average Bonchev–Trinajstić information content (AvgIpc) is 2.71. The fourth-order valence-electron chi connectivity index (χ4n) is 1.69. The summed E-state index contributed by atoms with van der Waals surface area (Å²) >= 11 is 0. The number of hydrogen-bond acceptors (Lipinski definition) is 5. The number of nitrogen functional groups attached to an aromatic ring is 1. The van der Waals surface area contributed by atoms with Gasteiger partial charge in [0.05, 0.1) is 0 Å². The number of carbonyl (C=O) groups excluding carboxylic acids is 1. The Kier molecular flexibility index (Phi) is 3.15. The van der Waals surface area contributed by atoms with Crippen molar-refractivity contribution in [1.82, 2.24) is 15.0 Å². The van der Waals surface area contributed by atoms with Crippen molar-refractivity contribution in [2.45, 2.75) is 6.54 Å². The molecule has 0 aliphatic heterocycles. The number of carboxylic acid groups (broad SMARTS) is 1. The second kappa shape index (κ2) is 4.77. The van der Waals surface area contributed by atoms with Crippen LogP contribution in [0, 0.1) is 0 Å². The Labute approximate surface area is 107 Å². The molecule has 0 aliphatic carbocycles. The number of aromatic nitrogens is 3. The van der Waals surface area contributed by atoms with Gasteiger partial charge in [-0.05, 0) is 12.1 Å². The molecule has 1 aromatic carbocycles. The number of benzene rings is 1. The van der Waals surface area contributed by atoms with Crippen LogP contribution in [0.5, 0.6) is 0 Å². The van der Waals surface area contributed by atoms with Crippen LogP contribution in [0.15, 0.2) is 24.3 Å². The predicted molar refractivity (Wildman–Crippen MR) is 66.0 cm³/mol. The van der Waals surface area contributed by atoms with Gasteiger partial charge in [-0.1, -0.05) is 17.3 Å². The lowest BCUT2D eigenvalue weighted by Gasteiger charge is -2.06. The van der Waals surface area contributed by atoms with E-state index in [-0.39, 0.29) is 17.9 Å².